The Morgan fingerprint density at radius 2 is 1.86 bits per heavy atom. The number of aromatic nitrogens is 1. The topological polar surface area (TPSA) is 71.5 Å². The number of hydrogen-bond donors (Lipinski definition) is 2. The molecule has 3 aromatic rings. The van der Waals surface area contributed by atoms with E-state index in [1.165, 1.54) is 18.9 Å². The van der Waals surface area contributed by atoms with Crippen molar-refractivity contribution in [1.29, 1.82) is 0 Å². The second-order valence-electron chi connectivity index (χ2n) is 9.27. The maximum absolute atomic E-state index is 13.7. The summed E-state index contributed by atoms with van der Waals surface area (Å²) in [6, 6.07) is 14.5. The summed E-state index contributed by atoms with van der Waals surface area (Å²) < 4.78 is 46.8. The van der Waals surface area contributed by atoms with Crippen LogP contribution in [0.15, 0.2) is 60.8 Å². The third kappa shape index (κ3) is 5.58. The van der Waals surface area contributed by atoms with Gasteiger partial charge in [-0.05, 0) is 78.3 Å². The van der Waals surface area contributed by atoms with Crippen LogP contribution in [0.4, 0.5) is 18.9 Å². The number of nitrogens with zero attached hydrogens (tertiary/aromatic N) is 1. The van der Waals surface area contributed by atoms with E-state index in [4.69, 9.17) is 9.84 Å². The van der Waals surface area contributed by atoms with Crippen LogP contribution in [0.1, 0.15) is 42.0 Å². The minimum Gasteiger partial charge on any atom is -0.493 e. The highest BCUT2D eigenvalue weighted by atomic mass is 19.4. The smallest absolute Gasteiger partial charge is 0.417 e. The van der Waals surface area contributed by atoms with Crippen LogP contribution in [0.2, 0.25) is 0 Å². The van der Waals surface area contributed by atoms with Gasteiger partial charge in [0, 0.05) is 18.2 Å². The molecule has 5 rings (SSSR count). The first-order valence-corrected chi connectivity index (χ1v) is 11.6. The number of alkyl halides is 3. The number of anilines is 1. The average molecular weight is 483 g/mol. The molecule has 2 N–H and O–H groups in total. The van der Waals surface area contributed by atoms with E-state index in [9.17, 15) is 18.0 Å². The third-order valence-corrected chi connectivity index (χ3v) is 6.51. The van der Waals surface area contributed by atoms with Crippen molar-refractivity contribution < 1.29 is 27.8 Å². The number of benzene rings is 2. The molecule has 2 atom stereocenters. The van der Waals surface area contributed by atoms with Crippen molar-refractivity contribution in [3.05, 3.63) is 77.6 Å². The molecular weight excluding hydrogens is 457 g/mol. The van der Waals surface area contributed by atoms with Gasteiger partial charge < -0.3 is 15.2 Å². The Hall–Kier alpha value is -3.55. The summed E-state index contributed by atoms with van der Waals surface area (Å²) in [7, 11) is 0. The molecule has 0 aliphatic heterocycles. The first-order chi connectivity index (χ1) is 16.8. The van der Waals surface area contributed by atoms with Crippen LogP contribution in [-0.4, -0.2) is 22.7 Å². The van der Waals surface area contributed by atoms with Crippen LogP contribution in [0.5, 0.6) is 5.75 Å². The normalized spacial score (nSPS) is 19.3. The molecule has 2 saturated carbocycles. The molecule has 2 fully saturated rings. The molecule has 0 amide bonds. The van der Waals surface area contributed by atoms with Gasteiger partial charge in [0.2, 0.25) is 0 Å². The number of rotatable bonds is 9. The molecule has 0 radical (unpaired) electrons. The van der Waals surface area contributed by atoms with Crippen molar-refractivity contribution in [1.82, 2.24) is 4.98 Å². The van der Waals surface area contributed by atoms with Crippen molar-refractivity contribution in [3.63, 3.8) is 0 Å². The SMILES string of the molecule is O=C(O)[C@@H]1CC1c1ccc(NCc2ccc(C(F)(F)F)c(-c3ccc(OCC4CC4)cc3)c2)cn1. The van der Waals surface area contributed by atoms with Crippen molar-refractivity contribution in [3.8, 4) is 16.9 Å². The molecule has 1 aromatic heterocycles. The van der Waals surface area contributed by atoms with Crippen molar-refractivity contribution in [2.24, 2.45) is 11.8 Å². The van der Waals surface area contributed by atoms with Crippen molar-refractivity contribution >= 4 is 11.7 Å². The van der Waals surface area contributed by atoms with Gasteiger partial charge in [0.25, 0.3) is 0 Å². The number of hydrogen-bond acceptors (Lipinski definition) is 4. The highest BCUT2D eigenvalue weighted by molar-refractivity contribution is 5.75. The minimum absolute atomic E-state index is 0.0514. The van der Waals surface area contributed by atoms with E-state index in [0.717, 1.165) is 11.8 Å². The van der Waals surface area contributed by atoms with Gasteiger partial charge in [0.1, 0.15) is 5.75 Å². The zero-order valence-corrected chi connectivity index (χ0v) is 18.9. The number of carbonyl (C=O) groups is 1. The molecule has 0 saturated heterocycles. The summed E-state index contributed by atoms with van der Waals surface area (Å²) in [5.74, 6) is 0.0223. The van der Waals surface area contributed by atoms with Gasteiger partial charge in [-0.2, -0.15) is 13.2 Å². The molecule has 8 heteroatoms. The zero-order valence-electron chi connectivity index (χ0n) is 18.9. The number of halogens is 3. The van der Waals surface area contributed by atoms with E-state index >= 15 is 0 Å². The molecular formula is C27H25F3N2O3. The fourth-order valence-corrected chi connectivity index (χ4v) is 4.14. The Morgan fingerprint density at radius 1 is 1.09 bits per heavy atom. The van der Waals surface area contributed by atoms with E-state index in [1.54, 1.807) is 42.6 Å². The Kier molecular flexibility index (Phi) is 6.13. The van der Waals surface area contributed by atoms with Gasteiger partial charge in [-0.1, -0.05) is 18.2 Å². The van der Waals surface area contributed by atoms with Crippen LogP contribution >= 0.6 is 0 Å². The summed E-state index contributed by atoms with van der Waals surface area (Å²) in [5.41, 5.74) is 2.05. The van der Waals surface area contributed by atoms with Gasteiger partial charge in [-0.15, -0.1) is 0 Å². The van der Waals surface area contributed by atoms with Crippen LogP contribution in [0, 0.1) is 11.8 Å². The maximum Gasteiger partial charge on any atom is 0.417 e. The average Bonchev–Trinajstić information content (AvgIpc) is 3.75. The summed E-state index contributed by atoms with van der Waals surface area (Å²) in [4.78, 5) is 15.4. The highest BCUT2D eigenvalue weighted by Gasteiger charge is 2.45. The second-order valence-corrected chi connectivity index (χ2v) is 9.27. The molecule has 2 aliphatic rings. The first-order valence-electron chi connectivity index (χ1n) is 11.6. The Labute approximate surface area is 201 Å². The molecule has 0 bridgehead atoms. The van der Waals surface area contributed by atoms with E-state index in [0.29, 0.717) is 48.1 Å². The molecule has 1 unspecified atom stereocenters. The largest absolute Gasteiger partial charge is 0.493 e. The predicted molar refractivity (Wildman–Crippen MR) is 125 cm³/mol. The summed E-state index contributed by atoms with van der Waals surface area (Å²) in [6.45, 7) is 0.959. The Balaban J connectivity index is 1.29. The maximum atomic E-state index is 13.7. The Bertz CT molecular complexity index is 1210. The van der Waals surface area contributed by atoms with E-state index in [1.807, 2.05) is 6.07 Å². The van der Waals surface area contributed by atoms with Gasteiger partial charge >= 0.3 is 12.1 Å². The molecule has 5 nitrogen and oxygen atoms in total. The highest BCUT2D eigenvalue weighted by Crippen LogP contribution is 2.46. The number of carboxylic acid groups (broad SMARTS) is 1. The van der Waals surface area contributed by atoms with Gasteiger partial charge in [-0.25, -0.2) is 0 Å². The Morgan fingerprint density at radius 3 is 2.46 bits per heavy atom. The standard InChI is InChI=1S/C27H25F3N2O3/c28-27(29,30)24-9-3-17(11-21(24)18-4-7-20(8-5-18)35-15-16-1-2-16)13-31-19-6-10-25(32-14-19)22-12-23(22)26(33)34/h3-11,14,16,22-23,31H,1-2,12-13,15H2,(H,33,34)/t22?,23-/m1/s1. The third-order valence-electron chi connectivity index (χ3n) is 6.51. The van der Waals surface area contributed by atoms with Gasteiger partial charge in [-0.3, -0.25) is 9.78 Å². The molecule has 182 valence electrons. The fourth-order valence-electron chi connectivity index (χ4n) is 4.14. The number of nitrogens with one attached hydrogen (secondary N) is 1. The number of ether oxygens (including phenoxy) is 1. The molecule has 1 heterocycles. The predicted octanol–water partition coefficient (Wildman–Crippen LogP) is 6.36. The van der Waals surface area contributed by atoms with Crippen LogP contribution < -0.4 is 10.1 Å². The lowest BCUT2D eigenvalue weighted by Gasteiger charge is -2.16. The first kappa shape index (κ1) is 23.2. The van der Waals surface area contributed by atoms with E-state index in [2.05, 4.69) is 10.3 Å². The fraction of sp³-hybridized carbons (Fsp3) is 0.333. The molecule has 0 spiro atoms. The zero-order chi connectivity index (χ0) is 24.6. The van der Waals surface area contributed by atoms with E-state index in [-0.39, 0.29) is 17.4 Å². The lowest BCUT2D eigenvalue weighted by molar-refractivity contribution is -0.139. The van der Waals surface area contributed by atoms with Crippen LogP contribution in [0.25, 0.3) is 11.1 Å². The second kappa shape index (κ2) is 9.24. The van der Waals surface area contributed by atoms with Gasteiger partial charge in [0.05, 0.1) is 30.0 Å². The van der Waals surface area contributed by atoms with E-state index < -0.39 is 17.7 Å². The summed E-state index contributed by atoms with van der Waals surface area (Å²) in [6.07, 6.45) is 0.0767. The van der Waals surface area contributed by atoms with Crippen LogP contribution in [-0.2, 0) is 17.5 Å². The molecule has 35 heavy (non-hydrogen) atoms. The number of carboxylic acids is 1. The van der Waals surface area contributed by atoms with Crippen molar-refractivity contribution in [2.75, 3.05) is 11.9 Å². The molecule has 2 aliphatic carbocycles. The van der Waals surface area contributed by atoms with Crippen LogP contribution in [0.3, 0.4) is 0 Å². The van der Waals surface area contributed by atoms with Crippen molar-refractivity contribution in [2.45, 2.75) is 37.9 Å². The lowest BCUT2D eigenvalue weighted by Crippen LogP contribution is -2.09. The summed E-state index contributed by atoms with van der Waals surface area (Å²) >= 11 is 0. The quantitative estimate of drug-likeness (QED) is 0.372. The summed E-state index contributed by atoms with van der Waals surface area (Å²) in [5, 5.41) is 12.2. The lowest BCUT2D eigenvalue weighted by atomic mass is 9.96. The monoisotopic (exact) mass is 482 g/mol. The number of aliphatic carboxylic acids is 1. The van der Waals surface area contributed by atoms with Gasteiger partial charge in [0.15, 0.2) is 0 Å². The minimum atomic E-state index is -4.47. The number of pyridine rings is 1. The molecule has 2 aromatic carbocycles.